The lowest BCUT2D eigenvalue weighted by atomic mass is 10.0. The zero-order valence-corrected chi connectivity index (χ0v) is 13.7. The molecular formula is C17H23N5O2. The average molecular weight is 329 g/mol. The minimum Gasteiger partial charge on any atom is -0.379 e. The summed E-state index contributed by atoms with van der Waals surface area (Å²) < 4.78 is 7.10. The van der Waals surface area contributed by atoms with Crippen molar-refractivity contribution in [2.45, 2.75) is 19.0 Å². The summed E-state index contributed by atoms with van der Waals surface area (Å²) in [6, 6.07) is 10.0. The van der Waals surface area contributed by atoms with E-state index in [4.69, 9.17) is 4.74 Å². The van der Waals surface area contributed by atoms with Crippen LogP contribution in [0.4, 0.5) is 0 Å². The van der Waals surface area contributed by atoms with E-state index in [-0.39, 0.29) is 11.9 Å². The second-order valence-electron chi connectivity index (χ2n) is 5.87. The summed E-state index contributed by atoms with van der Waals surface area (Å²) in [5.74, 6) is 0.0457. The third-order valence-corrected chi connectivity index (χ3v) is 4.12. The lowest BCUT2D eigenvalue weighted by Crippen LogP contribution is -2.44. The molecule has 1 N–H and O–H groups in total. The van der Waals surface area contributed by atoms with Crippen LogP contribution in [0.5, 0.6) is 0 Å². The first kappa shape index (κ1) is 16.6. The molecular weight excluding hydrogens is 306 g/mol. The smallest absolute Gasteiger partial charge is 0.234 e. The van der Waals surface area contributed by atoms with Crippen molar-refractivity contribution in [3.63, 3.8) is 0 Å². The van der Waals surface area contributed by atoms with Gasteiger partial charge >= 0.3 is 0 Å². The highest BCUT2D eigenvalue weighted by Crippen LogP contribution is 2.17. The highest BCUT2D eigenvalue weighted by Gasteiger charge is 2.18. The van der Waals surface area contributed by atoms with Gasteiger partial charge in [0.2, 0.25) is 5.91 Å². The Hall–Kier alpha value is -2.25. The van der Waals surface area contributed by atoms with Crippen LogP contribution in [0.15, 0.2) is 43.0 Å². The fourth-order valence-electron chi connectivity index (χ4n) is 2.82. The molecule has 7 nitrogen and oxygen atoms in total. The van der Waals surface area contributed by atoms with Gasteiger partial charge in [0.25, 0.3) is 0 Å². The van der Waals surface area contributed by atoms with Crippen molar-refractivity contribution >= 4 is 5.91 Å². The molecule has 24 heavy (non-hydrogen) atoms. The average Bonchev–Trinajstić information content (AvgIpc) is 3.14. The van der Waals surface area contributed by atoms with E-state index in [9.17, 15) is 4.79 Å². The van der Waals surface area contributed by atoms with Crippen molar-refractivity contribution in [1.82, 2.24) is 25.0 Å². The van der Waals surface area contributed by atoms with Crippen molar-refractivity contribution < 1.29 is 9.53 Å². The van der Waals surface area contributed by atoms with Gasteiger partial charge in [0.1, 0.15) is 12.7 Å². The number of rotatable bonds is 7. The molecule has 1 aliphatic heterocycles. The Morgan fingerprint density at radius 3 is 2.75 bits per heavy atom. The number of amides is 1. The van der Waals surface area contributed by atoms with Crippen LogP contribution in [-0.2, 0) is 16.1 Å². The Morgan fingerprint density at radius 1 is 1.25 bits per heavy atom. The molecule has 0 aliphatic carbocycles. The number of ether oxygens (including phenoxy) is 1. The number of aryl methyl sites for hydroxylation is 1. The quantitative estimate of drug-likeness (QED) is 0.816. The summed E-state index contributed by atoms with van der Waals surface area (Å²) in [5.41, 5.74) is 1.10. The Labute approximate surface area is 141 Å². The van der Waals surface area contributed by atoms with Gasteiger partial charge in [-0.25, -0.2) is 4.98 Å². The van der Waals surface area contributed by atoms with Gasteiger partial charge in [-0.1, -0.05) is 30.3 Å². The number of benzene rings is 1. The molecule has 7 heteroatoms. The SMILES string of the molecule is O=C(CN1CCOCC1)N[C@@H](CCn1cncn1)c1ccccc1. The van der Waals surface area contributed by atoms with E-state index in [0.29, 0.717) is 26.3 Å². The van der Waals surface area contributed by atoms with E-state index >= 15 is 0 Å². The molecule has 1 fully saturated rings. The molecule has 0 bridgehead atoms. The largest absolute Gasteiger partial charge is 0.379 e. The number of nitrogens with one attached hydrogen (secondary N) is 1. The number of carbonyl (C=O) groups is 1. The van der Waals surface area contributed by atoms with E-state index < -0.39 is 0 Å². The van der Waals surface area contributed by atoms with Crippen LogP contribution in [0.2, 0.25) is 0 Å². The van der Waals surface area contributed by atoms with Crippen molar-refractivity contribution in [3.05, 3.63) is 48.5 Å². The summed E-state index contributed by atoms with van der Waals surface area (Å²) in [6.45, 7) is 4.13. The van der Waals surface area contributed by atoms with Gasteiger partial charge in [-0.15, -0.1) is 0 Å². The number of nitrogens with zero attached hydrogens (tertiary/aromatic N) is 4. The van der Waals surface area contributed by atoms with Gasteiger partial charge in [0.05, 0.1) is 25.8 Å². The van der Waals surface area contributed by atoms with E-state index in [1.807, 2.05) is 30.3 Å². The Morgan fingerprint density at radius 2 is 2.04 bits per heavy atom. The molecule has 1 amide bonds. The van der Waals surface area contributed by atoms with Crippen LogP contribution in [-0.4, -0.2) is 58.4 Å². The summed E-state index contributed by atoms with van der Waals surface area (Å²) >= 11 is 0. The maximum Gasteiger partial charge on any atom is 0.234 e. The van der Waals surface area contributed by atoms with Gasteiger partial charge < -0.3 is 10.1 Å². The van der Waals surface area contributed by atoms with Crippen molar-refractivity contribution in [1.29, 1.82) is 0 Å². The second kappa shape index (κ2) is 8.56. The van der Waals surface area contributed by atoms with Crippen LogP contribution in [0.3, 0.4) is 0 Å². The number of morpholine rings is 1. The van der Waals surface area contributed by atoms with Gasteiger partial charge in [-0.2, -0.15) is 5.10 Å². The van der Waals surface area contributed by atoms with Gasteiger partial charge in [0.15, 0.2) is 0 Å². The fraction of sp³-hybridized carbons (Fsp3) is 0.471. The fourth-order valence-corrected chi connectivity index (χ4v) is 2.82. The van der Waals surface area contributed by atoms with Crippen LogP contribution in [0.25, 0.3) is 0 Å². The molecule has 0 unspecified atom stereocenters. The normalized spacial score (nSPS) is 16.7. The minimum absolute atomic E-state index is 0.0380. The van der Waals surface area contributed by atoms with E-state index in [2.05, 4.69) is 20.3 Å². The molecule has 1 aromatic heterocycles. The van der Waals surface area contributed by atoms with Crippen LogP contribution in [0, 0.1) is 0 Å². The molecule has 2 heterocycles. The number of carbonyl (C=O) groups excluding carboxylic acids is 1. The first-order valence-electron chi connectivity index (χ1n) is 8.28. The molecule has 2 aromatic rings. The van der Waals surface area contributed by atoms with E-state index in [1.165, 1.54) is 6.33 Å². The Kier molecular flexibility index (Phi) is 5.92. The highest BCUT2D eigenvalue weighted by molar-refractivity contribution is 5.78. The summed E-state index contributed by atoms with van der Waals surface area (Å²) in [7, 11) is 0. The van der Waals surface area contributed by atoms with E-state index in [0.717, 1.165) is 25.1 Å². The third kappa shape index (κ3) is 4.87. The third-order valence-electron chi connectivity index (χ3n) is 4.12. The molecule has 3 rings (SSSR count). The second-order valence-corrected chi connectivity index (χ2v) is 5.87. The maximum absolute atomic E-state index is 12.4. The molecule has 128 valence electrons. The zero-order chi connectivity index (χ0) is 16.6. The maximum atomic E-state index is 12.4. The molecule has 0 spiro atoms. The number of hydrogen-bond acceptors (Lipinski definition) is 5. The standard InChI is InChI=1S/C17H23N5O2/c23-17(12-21-8-10-24-11-9-21)20-16(15-4-2-1-3-5-15)6-7-22-14-18-13-19-22/h1-5,13-14,16H,6-12H2,(H,20,23)/t16-/m0/s1. The summed E-state index contributed by atoms with van der Waals surface area (Å²) in [4.78, 5) is 18.5. The van der Waals surface area contributed by atoms with Crippen molar-refractivity contribution in [2.24, 2.45) is 0 Å². The first-order chi connectivity index (χ1) is 11.8. The first-order valence-corrected chi connectivity index (χ1v) is 8.28. The van der Waals surface area contributed by atoms with Gasteiger partial charge in [0, 0.05) is 19.6 Å². The predicted octanol–water partition coefficient (Wildman–Crippen LogP) is 0.858. The lowest BCUT2D eigenvalue weighted by Gasteiger charge is -2.27. The monoisotopic (exact) mass is 329 g/mol. The molecule has 0 saturated carbocycles. The topological polar surface area (TPSA) is 72.3 Å². The predicted molar refractivity (Wildman–Crippen MR) is 89.2 cm³/mol. The zero-order valence-electron chi connectivity index (χ0n) is 13.7. The van der Waals surface area contributed by atoms with E-state index in [1.54, 1.807) is 11.0 Å². The van der Waals surface area contributed by atoms with Gasteiger partial charge in [-0.3, -0.25) is 14.4 Å². The molecule has 1 aliphatic rings. The van der Waals surface area contributed by atoms with Crippen LogP contribution < -0.4 is 5.32 Å². The lowest BCUT2D eigenvalue weighted by molar-refractivity contribution is -0.124. The van der Waals surface area contributed by atoms with Crippen molar-refractivity contribution in [3.8, 4) is 0 Å². The Balaban J connectivity index is 1.59. The number of hydrogen-bond donors (Lipinski definition) is 1. The van der Waals surface area contributed by atoms with Gasteiger partial charge in [-0.05, 0) is 12.0 Å². The Bertz CT molecular complexity index is 611. The molecule has 1 saturated heterocycles. The molecule has 0 radical (unpaired) electrons. The summed E-state index contributed by atoms with van der Waals surface area (Å²) in [5, 5.41) is 7.29. The molecule has 1 aromatic carbocycles. The van der Waals surface area contributed by atoms with Crippen LogP contribution >= 0.6 is 0 Å². The van der Waals surface area contributed by atoms with Crippen molar-refractivity contribution in [2.75, 3.05) is 32.8 Å². The minimum atomic E-state index is -0.0380. The molecule has 1 atom stereocenters. The number of aromatic nitrogens is 3. The highest BCUT2D eigenvalue weighted by atomic mass is 16.5. The van der Waals surface area contributed by atoms with Crippen LogP contribution in [0.1, 0.15) is 18.0 Å². The summed E-state index contributed by atoms with van der Waals surface area (Å²) in [6.07, 6.45) is 3.98.